The summed E-state index contributed by atoms with van der Waals surface area (Å²) in [7, 11) is 1.67. The van der Waals surface area contributed by atoms with Gasteiger partial charge in [-0.05, 0) is 68.0 Å². The summed E-state index contributed by atoms with van der Waals surface area (Å²) in [4.78, 5) is 12.9. The number of benzene rings is 2. The number of carbonyl (C=O) groups is 1. The van der Waals surface area contributed by atoms with Crippen molar-refractivity contribution < 1.29 is 9.53 Å². The SMILES string of the molecule is COc1cc(C)c(C(=O)N[C@@H](C)c2cc(C)ccc2C)cc1C(C)C. The molecule has 3 nitrogen and oxygen atoms in total. The Morgan fingerprint density at radius 3 is 2.24 bits per heavy atom. The lowest BCUT2D eigenvalue weighted by molar-refractivity contribution is 0.0939. The van der Waals surface area contributed by atoms with E-state index in [1.807, 2.05) is 26.0 Å². The fraction of sp³-hybridized carbons (Fsp3) is 0.409. The molecule has 134 valence electrons. The lowest BCUT2D eigenvalue weighted by atomic mass is 9.95. The first kappa shape index (κ1) is 19.0. The average Bonchev–Trinajstić information content (AvgIpc) is 2.56. The summed E-state index contributed by atoms with van der Waals surface area (Å²) in [5.41, 5.74) is 6.23. The number of amides is 1. The molecule has 1 amide bonds. The Bertz CT molecular complexity index is 778. The Morgan fingerprint density at radius 2 is 1.64 bits per heavy atom. The van der Waals surface area contributed by atoms with E-state index < -0.39 is 0 Å². The molecule has 1 atom stereocenters. The average molecular weight is 339 g/mol. The van der Waals surface area contributed by atoms with Gasteiger partial charge in [0.2, 0.25) is 0 Å². The minimum Gasteiger partial charge on any atom is -0.496 e. The van der Waals surface area contributed by atoms with Gasteiger partial charge in [0.15, 0.2) is 0 Å². The van der Waals surface area contributed by atoms with Gasteiger partial charge in [0.05, 0.1) is 13.2 Å². The van der Waals surface area contributed by atoms with Crippen LogP contribution in [0.2, 0.25) is 0 Å². The fourth-order valence-electron chi connectivity index (χ4n) is 3.15. The monoisotopic (exact) mass is 339 g/mol. The number of carbonyl (C=O) groups excluding carboxylic acids is 1. The predicted molar refractivity (Wildman–Crippen MR) is 104 cm³/mol. The molecular formula is C22H29NO2. The third-order valence-electron chi connectivity index (χ3n) is 4.69. The number of hydrogen-bond donors (Lipinski definition) is 1. The number of nitrogens with one attached hydrogen (secondary N) is 1. The first-order chi connectivity index (χ1) is 11.7. The lowest BCUT2D eigenvalue weighted by Gasteiger charge is -2.20. The maximum Gasteiger partial charge on any atom is 0.252 e. The largest absolute Gasteiger partial charge is 0.496 e. The molecule has 0 bridgehead atoms. The van der Waals surface area contributed by atoms with Crippen LogP contribution < -0.4 is 10.1 Å². The van der Waals surface area contributed by atoms with Gasteiger partial charge in [0.1, 0.15) is 5.75 Å². The van der Waals surface area contributed by atoms with E-state index in [-0.39, 0.29) is 11.9 Å². The van der Waals surface area contributed by atoms with Crippen molar-refractivity contribution in [3.8, 4) is 5.75 Å². The molecule has 2 aromatic carbocycles. The smallest absolute Gasteiger partial charge is 0.252 e. The number of ether oxygens (including phenoxy) is 1. The molecule has 0 fully saturated rings. The number of rotatable bonds is 5. The number of methoxy groups -OCH3 is 1. The zero-order chi connectivity index (χ0) is 18.7. The van der Waals surface area contributed by atoms with Crippen molar-refractivity contribution in [3.05, 3.63) is 63.7 Å². The van der Waals surface area contributed by atoms with Crippen LogP contribution in [0.5, 0.6) is 5.75 Å². The quantitative estimate of drug-likeness (QED) is 0.809. The minimum absolute atomic E-state index is 0.0450. The van der Waals surface area contributed by atoms with Crippen molar-refractivity contribution in [2.75, 3.05) is 7.11 Å². The molecule has 0 heterocycles. The molecule has 0 saturated carbocycles. The molecular weight excluding hydrogens is 310 g/mol. The van der Waals surface area contributed by atoms with Crippen molar-refractivity contribution in [1.82, 2.24) is 5.32 Å². The molecule has 0 aliphatic carbocycles. The van der Waals surface area contributed by atoms with Gasteiger partial charge in [-0.3, -0.25) is 4.79 Å². The topological polar surface area (TPSA) is 38.3 Å². The molecule has 0 aromatic heterocycles. The van der Waals surface area contributed by atoms with Gasteiger partial charge >= 0.3 is 0 Å². The Labute approximate surface area is 151 Å². The highest BCUT2D eigenvalue weighted by atomic mass is 16.5. The molecule has 1 N–H and O–H groups in total. The third kappa shape index (κ3) is 4.22. The minimum atomic E-state index is -0.0459. The molecule has 0 saturated heterocycles. The van der Waals surface area contributed by atoms with E-state index in [2.05, 4.69) is 51.2 Å². The van der Waals surface area contributed by atoms with Gasteiger partial charge < -0.3 is 10.1 Å². The van der Waals surface area contributed by atoms with Crippen LogP contribution in [0.25, 0.3) is 0 Å². The van der Waals surface area contributed by atoms with Gasteiger partial charge in [0, 0.05) is 5.56 Å². The molecule has 2 rings (SSSR count). The van der Waals surface area contributed by atoms with Crippen molar-refractivity contribution >= 4 is 5.91 Å². The summed E-state index contributed by atoms with van der Waals surface area (Å²) < 4.78 is 5.47. The highest BCUT2D eigenvalue weighted by molar-refractivity contribution is 5.96. The summed E-state index contributed by atoms with van der Waals surface area (Å²) >= 11 is 0. The van der Waals surface area contributed by atoms with E-state index in [1.165, 1.54) is 11.1 Å². The van der Waals surface area contributed by atoms with Crippen LogP contribution in [0.4, 0.5) is 0 Å². The van der Waals surface area contributed by atoms with Gasteiger partial charge in [-0.25, -0.2) is 0 Å². The van der Waals surface area contributed by atoms with Crippen molar-refractivity contribution in [1.29, 1.82) is 0 Å². The molecule has 0 spiro atoms. The number of hydrogen-bond acceptors (Lipinski definition) is 2. The molecule has 0 unspecified atom stereocenters. The van der Waals surface area contributed by atoms with E-state index in [0.717, 1.165) is 22.4 Å². The van der Waals surface area contributed by atoms with Crippen LogP contribution in [-0.4, -0.2) is 13.0 Å². The van der Waals surface area contributed by atoms with Crippen molar-refractivity contribution in [3.63, 3.8) is 0 Å². The summed E-state index contributed by atoms with van der Waals surface area (Å²) in [6, 6.07) is 10.2. The highest BCUT2D eigenvalue weighted by Crippen LogP contribution is 2.30. The van der Waals surface area contributed by atoms with Crippen LogP contribution in [0.1, 0.15) is 70.9 Å². The summed E-state index contributed by atoms with van der Waals surface area (Å²) in [6.45, 7) is 12.3. The summed E-state index contributed by atoms with van der Waals surface area (Å²) in [5, 5.41) is 3.15. The second-order valence-electron chi connectivity index (χ2n) is 7.12. The van der Waals surface area contributed by atoms with Gasteiger partial charge in [-0.1, -0.05) is 37.6 Å². The first-order valence-electron chi connectivity index (χ1n) is 8.81. The Kier molecular flexibility index (Phi) is 5.89. The van der Waals surface area contributed by atoms with E-state index in [9.17, 15) is 4.79 Å². The number of aryl methyl sites for hydroxylation is 3. The van der Waals surface area contributed by atoms with E-state index in [4.69, 9.17) is 4.74 Å². The van der Waals surface area contributed by atoms with Gasteiger partial charge in [-0.2, -0.15) is 0 Å². The molecule has 0 radical (unpaired) electrons. The van der Waals surface area contributed by atoms with Crippen LogP contribution in [-0.2, 0) is 0 Å². The van der Waals surface area contributed by atoms with Crippen molar-refractivity contribution in [2.24, 2.45) is 0 Å². The van der Waals surface area contributed by atoms with E-state index >= 15 is 0 Å². The van der Waals surface area contributed by atoms with E-state index in [0.29, 0.717) is 11.5 Å². The maximum atomic E-state index is 12.9. The summed E-state index contributed by atoms with van der Waals surface area (Å²) in [5.74, 6) is 1.08. The molecule has 0 aliphatic heterocycles. The molecule has 2 aromatic rings. The predicted octanol–water partition coefficient (Wildman–Crippen LogP) is 5.23. The zero-order valence-corrected chi connectivity index (χ0v) is 16.4. The fourth-order valence-corrected chi connectivity index (χ4v) is 3.15. The lowest BCUT2D eigenvalue weighted by Crippen LogP contribution is -2.28. The van der Waals surface area contributed by atoms with Crippen LogP contribution in [0.3, 0.4) is 0 Å². The second kappa shape index (κ2) is 7.73. The Balaban J connectivity index is 2.31. The first-order valence-corrected chi connectivity index (χ1v) is 8.81. The third-order valence-corrected chi connectivity index (χ3v) is 4.69. The molecule has 25 heavy (non-hydrogen) atoms. The molecule has 0 aliphatic rings. The van der Waals surface area contributed by atoms with E-state index in [1.54, 1.807) is 7.11 Å². The zero-order valence-electron chi connectivity index (χ0n) is 16.4. The highest BCUT2D eigenvalue weighted by Gasteiger charge is 2.18. The second-order valence-corrected chi connectivity index (χ2v) is 7.12. The van der Waals surface area contributed by atoms with Crippen molar-refractivity contribution in [2.45, 2.75) is 53.5 Å². The Hall–Kier alpha value is -2.29. The Morgan fingerprint density at radius 1 is 0.960 bits per heavy atom. The van der Waals surface area contributed by atoms with Crippen LogP contribution >= 0.6 is 0 Å². The standard InChI is InChI=1S/C22H29NO2/c1-13(2)18-12-20(16(5)11-21(18)25-7)22(24)23-17(6)19-10-14(3)8-9-15(19)4/h8-13,17H,1-7H3,(H,23,24)/t17-/m0/s1. The van der Waals surface area contributed by atoms with Gasteiger partial charge in [0.25, 0.3) is 5.91 Å². The summed E-state index contributed by atoms with van der Waals surface area (Å²) in [6.07, 6.45) is 0. The van der Waals surface area contributed by atoms with Gasteiger partial charge in [-0.15, -0.1) is 0 Å². The molecule has 3 heteroatoms. The van der Waals surface area contributed by atoms with Crippen LogP contribution in [0, 0.1) is 20.8 Å². The normalized spacial score (nSPS) is 12.2. The van der Waals surface area contributed by atoms with Crippen LogP contribution in [0.15, 0.2) is 30.3 Å². The maximum absolute atomic E-state index is 12.9.